The van der Waals surface area contributed by atoms with Gasteiger partial charge in [0.1, 0.15) is 11.9 Å². The summed E-state index contributed by atoms with van der Waals surface area (Å²) in [6, 6.07) is 4.91. The van der Waals surface area contributed by atoms with E-state index in [1.165, 1.54) is 23.5 Å². The number of nitrogens with two attached hydrogens (primary N) is 1. The summed E-state index contributed by atoms with van der Waals surface area (Å²) in [6.07, 6.45) is -3.16. The van der Waals surface area contributed by atoms with Crippen molar-refractivity contribution in [3.8, 4) is 0 Å². The number of ether oxygens (including phenoxy) is 1. The van der Waals surface area contributed by atoms with Gasteiger partial charge in [-0.1, -0.05) is 0 Å². The molecule has 0 unspecified atom stereocenters. The number of hydrogen-bond donors (Lipinski definition) is 2. The summed E-state index contributed by atoms with van der Waals surface area (Å²) in [5.74, 6) is -1.88. The van der Waals surface area contributed by atoms with E-state index >= 15 is 0 Å². The van der Waals surface area contributed by atoms with Gasteiger partial charge in [-0.3, -0.25) is 4.79 Å². The highest BCUT2D eigenvalue weighted by Gasteiger charge is 2.64. The second-order valence-corrected chi connectivity index (χ2v) is 7.62. The molecule has 9 heteroatoms. The van der Waals surface area contributed by atoms with Crippen LogP contribution >= 0.6 is 11.3 Å². The van der Waals surface area contributed by atoms with Crippen LogP contribution in [-0.2, 0) is 10.3 Å². The fraction of sp³-hybridized carbons (Fsp3) is 0.333. The van der Waals surface area contributed by atoms with Gasteiger partial charge in [0, 0.05) is 17.2 Å². The first kappa shape index (κ1) is 17.8. The van der Waals surface area contributed by atoms with Gasteiger partial charge in [-0.2, -0.15) is 0 Å². The summed E-state index contributed by atoms with van der Waals surface area (Å²) in [5, 5.41) is 4.45. The summed E-state index contributed by atoms with van der Waals surface area (Å²) in [5.41, 5.74) is 4.29. The molecule has 0 radical (unpaired) electrons. The molecule has 2 aliphatic rings. The number of carbonyl (C=O) groups excluding carboxylic acids is 1. The third-order valence-electron chi connectivity index (χ3n) is 4.81. The molecule has 1 aromatic heterocycles. The number of aryl methyl sites for hydroxylation is 1. The van der Waals surface area contributed by atoms with E-state index in [-0.39, 0.29) is 17.3 Å². The molecule has 0 spiro atoms. The van der Waals surface area contributed by atoms with Gasteiger partial charge in [0.15, 0.2) is 5.54 Å². The Morgan fingerprint density at radius 1 is 1.44 bits per heavy atom. The number of nitrogens with zero attached hydrogens (tertiary/aromatic N) is 1. The number of alkyl halides is 2. The van der Waals surface area contributed by atoms with Gasteiger partial charge in [0.05, 0.1) is 4.88 Å². The lowest BCUT2D eigenvalue weighted by Crippen LogP contribution is -2.43. The van der Waals surface area contributed by atoms with Gasteiger partial charge in [-0.05, 0) is 48.6 Å². The Morgan fingerprint density at radius 3 is 2.89 bits per heavy atom. The number of rotatable bonds is 4. The second kappa shape index (κ2) is 6.26. The molecule has 3 N–H and O–H groups in total. The number of thiophene rings is 1. The molecule has 27 heavy (non-hydrogen) atoms. The molecule has 0 bridgehead atoms. The molecule has 142 valence electrons. The highest BCUT2D eigenvalue weighted by Crippen LogP contribution is 2.56. The average Bonchev–Trinajstić information content (AvgIpc) is 3.26. The van der Waals surface area contributed by atoms with Crippen LogP contribution in [0.15, 0.2) is 34.6 Å². The third kappa shape index (κ3) is 2.95. The smallest absolute Gasteiger partial charge is 0.283 e. The van der Waals surface area contributed by atoms with E-state index in [0.717, 1.165) is 11.6 Å². The van der Waals surface area contributed by atoms with Crippen LogP contribution in [0.3, 0.4) is 0 Å². The van der Waals surface area contributed by atoms with Crippen LogP contribution in [0.1, 0.15) is 27.2 Å². The van der Waals surface area contributed by atoms with Gasteiger partial charge >= 0.3 is 0 Å². The lowest BCUT2D eigenvalue weighted by molar-refractivity contribution is 0.0177. The van der Waals surface area contributed by atoms with Crippen LogP contribution in [0.2, 0.25) is 0 Å². The molecule has 0 saturated heterocycles. The molecular formula is C18H16F3N3O2S. The van der Waals surface area contributed by atoms with Gasteiger partial charge in [-0.15, -0.1) is 11.3 Å². The third-order valence-corrected chi connectivity index (χ3v) is 5.85. The average molecular weight is 395 g/mol. The van der Waals surface area contributed by atoms with E-state index in [2.05, 4.69) is 10.3 Å². The van der Waals surface area contributed by atoms with Crippen molar-refractivity contribution < 1.29 is 22.7 Å². The predicted octanol–water partition coefficient (Wildman–Crippen LogP) is 3.64. The molecule has 2 heterocycles. The SMILES string of the molecule is Cc1csc(C(=O)Nc2ccc(F)c([C@@]3(C(F)F)N=C(N)O[C@@H]4C[C@@H]43)c2)c1. The normalized spacial score (nSPS) is 26.2. The second-order valence-electron chi connectivity index (χ2n) is 6.71. The first-order valence-electron chi connectivity index (χ1n) is 8.28. The quantitative estimate of drug-likeness (QED) is 0.830. The number of hydrogen-bond acceptors (Lipinski definition) is 5. The Labute approximate surface area is 157 Å². The zero-order valence-corrected chi connectivity index (χ0v) is 15.0. The Morgan fingerprint density at radius 2 is 2.22 bits per heavy atom. The lowest BCUT2D eigenvalue weighted by Gasteiger charge is -2.33. The molecular weight excluding hydrogens is 379 g/mol. The van der Waals surface area contributed by atoms with E-state index in [9.17, 15) is 18.0 Å². The number of halogens is 3. The van der Waals surface area contributed by atoms with Crippen molar-refractivity contribution >= 4 is 29.0 Å². The van der Waals surface area contributed by atoms with Crippen molar-refractivity contribution in [1.82, 2.24) is 0 Å². The van der Waals surface area contributed by atoms with Gasteiger partial charge in [0.2, 0.25) is 0 Å². The van der Waals surface area contributed by atoms with Crippen molar-refractivity contribution in [2.24, 2.45) is 16.6 Å². The maximum absolute atomic E-state index is 14.5. The Balaban J connectivity index is 1.72. The number of fused-ring (bicyclic) bond motifs is 1. The highest BCUT2D eigenvalue weighted by molar-refractivity contribution is 7.12. The number of benzene rings is 1. The number of carbonyl (C=O) groups is 1. The molecule has 3 atom stereocenters. The molecule has 2 aromatic rings. The number of aliphatic imine (C=N–C) groups is 1. The minimum atomic E-state index is -2.98. The fourth-order valence-corrected chi connectivity index (χ4v) is 4.25. The minimum absolute atomic E-state index is 0.208. The van der Waals surface area contributed by atoms with Crippen LogP contribution in [-0.4, -0.2) is 24.5 Å². The zero-order valence-electron chi connectivity index (χ0n) is 14.2. The van der Waals surface area contributed by atoms with E-state index in [0.29, 0.717) is 11.3 Å². The molecule has 1 aliphatic carbocycles. The van der Waals surface area contributed by atoms with E-state index in [4.69, 9.17) is 10.5 Å². The number of anilines is 1. The monoisotopic (exact) mass is 395 g/mol. The van der Waals surface area contributed by atoms with E-state index in [1.54, 1.807) is 6.07 Å². The number of amides is 1. The Hall–Kier alpha value is -2.55. The van der Waals surface area contributed by atoms with Crippen LogP contribution in [0.4, 0.5) is 18.9 Å². The minimum Gasteiger partial charge on any atom is -0.462 e. The van der Waals surface area contributed by atoms with Crippen molar-refractivity contribution in [1.29, 1.82) is 0 Å². The van der Waals surface area contributed by atoms with Crippen molar-refractivity contribution in [2.45, 2.75) is 31.4 Å². The largest absolute Gasteiger partial charge is 0.462 e. The highest BCUT2D eigenvalue weighted by atomic mass is 32.1. The van der Waals surface area contributed by atoms with Crippen LogP contribution in [0.25, 0.3) is 0 Å². The first-order valence-corrected chi connectivity index (χ1v) is 9.16. The summed E-state index contributed by atoms with van der Waals surface area (Å²) >= 11 is 1.26. The van der Waals surface area contributed by atoms with E-state index in [1.807, 2.05) is 12.3 Å². The molecule has 5 nitrogen and oxygen atoms in total. The molecule has 4 rings (SSSR count). The first-order chi connectivity index (χ1) is 12.8. The summed E-state index contributed by atoms with van der Waals surface area (Å²) in [7, 11) is 0. The number of amidine groups is 1. The molecule has 1 saturated carbocycles. The topological polar surface area (TPSA) is 76.7 Å². The van der Waals surface area contributed by atoms with Crippen LogP contribution < -0.4 is 11.1 Å². The summed E-state index contributed by atoms with van der Waals surface area (Å²) in [4.78, 5) is 16.6. The number of nitrogens with one attached hydrogen (secondary N) is 1. The van der Waals surface area contributed by atoms with Crippen molar-refractivity contribution in [3.63, 3.8) is 0 Å². The van der Waals surface area contributed by atoms with Crippen molar-refractivity contribution in [2.75, 3.05) is 5.32 Å². The van der Waals surface area contributed by atoms with Gasteiger partial charge < -0.3 is 15.8 Å². The zero-order chi connectivity index (χ0) is 19.3. The van der Waals surface area contributed by atoms with Crippen LogP contribution in [0.5, 0.6) is 0 Å². The molecule has 1 aliphatic heterocycles. The van der Waals surface area contributed by atoms with Crippen molar-refractivity contribution in [3.05, 3.63) is 51.5 Å². The summed E-state index contributed by atoms with van der Waals surface area (Å²) in [6.45, 7) is 1.86. The molecule has 1 aromatic carbocycles. The Kier molecular flexibility index (Phi) is 4.14. The maximum atomic E-state index is 14.5. The molecule has 1 fully saturated rings. The Bertz CT molecular complexity index is 946. The lowest BCUT2D eigenvalue weighted by atomic mass is 9.84. The maximum Gasteiger partial charge on any atom is 0.283 e. The summed E-state index contributed by atoms with van der Waals surface area (Å²) < 4.78 is 47.9. The fourth-order valence-electron chi connectivity index (χ4n) is 3.45. The van der Waals surface area contributed by atoms with E-state index < -0.39 is 35.7 Å². The standard InChI is InChI=1S/C18H16F3N3O2S/c1-8-4-14(27-7-8)15(25)23-9-2-3-12(19)10(5-9)18(16(20)21)11-6-13(11)26-17(22)24-18/h2-5,7,11,13,16H,6H2,1H3,(H2,22,24)(H,23,25)/t11-,13+,18+/m0/s1. The van der Waals surface area contributed by atoms with Gasteiger partial charge in [-0.25, -0.2) is 18.2 Å². The van der Waals surface area contributed by atoms with Crippen LogP contribution in [0, 0.1) is 18.7 Å². The predicted molar refractivity (Wildman–Crippen MR) is 95.7 cm³/mol. The molecule has 1 amide bonds. The van der Waals surface area contributed by atoms with Gasteiger partial charge in [0.25, 0.3) is 18.4 Å².